The van der Waals surface area contributed by atoms with Crippen LogP contribution < -0.4 is 0 Å². The van der Waals surface area contributed by atoms with Crippen molar-refractivity contribution in [2.75, 3.05) is 0 Å². The van der Waals surface area contributed by atoms with Gasteiger partial charge >= 0.3 is 11.9 Å². The Morgan fingerprint density at radius 1 is 0.842 bits per heavy atom. The van der Waals surface area contributed by atoms with Crippen molar-refractivity contribution < 1.29 is 14.3 Å². The van der Waals surface area contributed by atoms with Crippen molar-refractivity contribution in [2.24, 2.45) is 23.7 Å². The van der Waals surface area contributed by atoms with Gasteiger partial charge in [-0.2, -0.15) is 0 Å². The number of cyclic esters (lactones) is 2. The lowest BCUT2D eigenvalue weighted by molar-refractivity contribution is -0.154. The van der Waals surface area contributed by atoms with Gasteiger partial charge in [-0.05, 0) is 50.4 Å². The Labute approximate surface area is 112 Å². The largest absolute Gasteiger partial charge is 0.393 e. The Kier molecular flexibility index (Phi) is 2.44. The van der Waals surface area contributed by atoms with Crippen LogP contribution in [0.5, 0.6) is 0 Å². The lowest BCUT2D eigenvalue weighted by Crippen LogP contribution is -2.36. The quantitative estimate of drug-likeness (QED) is 0.381. The molecule has 1 aliphatic heterocycles. The molecule has 0 amide bonds. The van der Waals surface area contributed by atoms with Crippen molar-refractivity contribution in [3.05, 3.63) is 23.3 Å². The van der Waals surface area contributed by atoms with E-state index in [-0.39, 0.29) is 35.6 Å². The summed E-state index contributed by atoms with van der Waals surface area (Å²) in [5, 5.41) is 0. The highest BCUT2D eigenvalue weighted by Crippen LogP contribution is 2.49. The zero-order valence-electron chi connectivity index (χ0n) is 10.9. The summed E-state index contributed by atoms with van der Waals surface area (Å²) >= 11 is 0. The topological polar surface area (TPSA) is 43.4 Å². The lowest BCUT2D eigenvalue weighted by atomic mass is 9.64. The van der Waals surface area contributed by atoms with E-state index in [9.17, 15) is 9.59 Å². The summed E-state index contributed by atoms with van der Waals surface area (Å²) in [5.74, 6) is -0.618. The Morgan fingerprint density at radius 2 is 1.32 bits per heavy atom. The van der Waals surface area contributed by atoms with Crippen LogP contribution in [0.25, 0.3) is 0 Å². The summed E-state index contributed by atoms with van der Waals surface area (Å²) in [6.07, 6.45) is 11.2. The van der Waals surface area contributed by atoms with E-state index in [2.05, 4.69) is 12.2 Å². The van der Waals surface area contributed by atoms with E-state index in [1.54, 1.807) is 11.1 Å². The van der Waals surface area contributed by atoms with Crippen LogP contribution in [0.15, 0.2) is 23.3 Å². The number of hydrogen-bond donors (Lipinski definition) is 0. The molecular formula is C16H18O3. The molecule has 5 aliphatic rings. The Morgan fingerprint density at radius 3 is 1.79 bits per heavy atom. The zero-order chi connectivity index (χ0) is 13.0. The Hall–Kier alpha value is -1.38. The van der Waals surface area contributed by atoms with Crippen LogP contribution in [0.4, 0.5) is 0 Å². The van der Waals surface area contributed by atoms with Crippen molar-refractivity contribution in [1.82, 2.24) is 0 Å². The third-order valence-corrected chi connectivity index (χ3v) is 5.33. The summed E-state index contributed by atoms with van der Waals surface area (Å²) in [7, 11) is 0. The fraction of sp³-hybridized carbons (Fsp3) is 0.625. The van der Waals surface area contributed by atoms with Crippen LogP contribution in [-0.2, 0) is 14.3 Å². The smallest absolute Gasteiger partial charge is 0.318 e. The third-order valence-electron chi connectivity index (χ3n) is 5.33. The van der Waals surface area contributed by atoms with Gasteiger partial charge in [0.15, 0.2) is 0 Å². The highest BCUT2D eigenvalue weighted by molar-refractivity contribution is 5.97. The molecule has 0 aromatic carbocycles. The van der Waals surface area contributed by atoms with Gasteiger partial charge in [0.2, 0.25) is 0 Å². The Bertz CT molecular complexity index is 470. The predicted molar refractivity (Wildman–Crippen MR) is 68.9 cm³/mol. The first kappa shape index (κ1) is 11.4. The maximum atomic E-state index is 11.9. The molecule has 0 radical (unpaired) electrons. The molecule has 100 valence electrons. The van der Waals surface area contributed by atoms with E-state index in [1.807, 2.05) is 0 Å². The fourth-order valence-electron chi connectivity index (χ4n) is 4.42. The second-order valence-electron chi connectivity index (χ2n) is 6.33. The molecule has 3 heteroatoms. The van der Waals surface area contributed by atoms with Gasteiger partial charge in [-0.1, -0.05) is 23.3 Å². The SMILES string of the molecule is O=C1OC(=O)C2C3C=CC(CC4=C(CCCC4)C3)C12. The number of carbonyl (C=O) groups is 2. The second-order valence-corrected chi connectivity index (χ2v) is 6.33. The highest BCUT2D eigenvalue weighted by Gasteiger charge is 2.53. The van der Waals surface area contributed by atoms with Gasteiger partial charge in [-0.25, -0.2) is 0 Å². The average Bonchev–Trinajstić information content (AvgIpc) is 2.65. The standard InChI is InChI=1S/C16H18O3/c17-15-13-11-5-6-12(14(13)16(18)19-15)8-10-4-2-1-3-9(10)7-11/h5-6,11-14H,1-4,7-8H2. The van der Waals surface area contributed by atoms with Crippen LogP contribution in [-0.4, -0.2) is 11.9 Å². The van der Waals surface area contributed by atoms with E-state index in [0.717, 1.165) is 12.8 Å². The molecule has 4 unspecified atom stereocenters. The first-order valence-electron chi connectivity index (χ1n) is 7.37. The minimum absolute atomic E-state index is 0.184. The predicted octanol–water partition coefficient (Wildman–Crippen LogP) is 2.77. The fourth-order valence-corrected chi connectivity index (χ4v) is 4.42. The van der Waals surface area contributed by atoms with Crippen LogP contribution in [0, 0.1) is 23.7 Å². The van der Waals surface area contributed by atoms with E-state index in [4.69, 9.17) is 4.74 Å². The molecule has 1 heterocycles. The molecule has 4 aliphatic carbocycles. The van der Waals surface area contributed by atoms with Crippen molar-refractivity contribution in [1.29, 1.82) is 0 Å². The normalized spacial score (nSPS) is 40.6. The molecule has 0 aromatic rings. The van der Waals surface area contributed by atoms with Crippen molar-refractivity contribution in [3.63, 3.8) is 0 Å². The van der Waals surface area contributed by atoms with Gasteiger partial charge in [-0.3, -0.25) is 9.59 Å². The molecule has 3 nitrogen and oxygen atoms in total. The number of rotatable bonds is 0. The summed E-state index contributed by atoms with van der Waals surface area (Å²) < 4.78 is 4.92. The molecule has 5 rings (SSSR count). The minimum Gasteiger partial charge on any atom is -0.393 e. The molecular weight excluding hydrogens is 240 g/mol. The number of ether oxygens (including phenoxy) is 1. The molecule has 0 saturated carbocycles. The molecule has 0 aromatic heterocycles. The average molecular weight is 258 g/mol. The summed E-state index contributed by atoms with van der Waals surface area (Å²) in [6.45, 7) is 0. The van der Waals surface area contributed by atoms with Gasteiger partial charge in [0.25, 0.3) is 0 Å². The van der Waals surface area contributed by atoms with Crippen LogP contribution in [0.3, 0.4) is 0 Å². The van der Waals surface area contributed by atoms with Crippen LogP contribution >= 0.6 is 0 Å². The second kappa shape index (κ2) is 4.06. The maximum Gasteiger partial charge on any atom is 0.318 e. The van der Waals surface area contributed by atoms with Crippen LogP contribution in [0.1, 0.15) is 38.5 Å². The molecule has 1 saturated heterocycles. The third kappa shape index (κ3) is 1.63. The van der Waals surface area contributed by atoms with E-state index >= 15 is 0 Å². The Balaban J connectivity index is 1.76. The molecule has 2 bridgehead atoms. The molecule has 0 spiro atoms. The minimum atomic E-state index is -0.283. The number of esters is 2. The maximum absolute atomic E-state index is 11.9. The first-order chi connectivity index (χ1) is 9.24. The summed E-state index contributed by atoms with van der Waals surface area (Å²) in [5.41, 5.74) is 3.13. The highest BCUT2D eigenvalue weighted by atomic mass is 16.6. The van der Waals surface area contributed by atoms with Gasteiger partial charge in [0.1, 0.15) is 0 Å². The lowest BCUT2D eigenvalue weighted by Gasteiger charge is -2.37. The molecule has 0 N–H and O–H groups in total. The molecule has 4 atom stereocenters. The van der Waals surface area contributed by atoms with E-state index in [1.165, 1.54) is 25.7 Å². The van der Waals surface area contributed by atoms with Gasteiger partial charge < -0.3 is 4.74 Å². The van der Waals surface area contributed by atoms with Gasteiger partial charge in [-0.15, -0.1) is 0 Å². The number of carbonyl (C=O) groups excluding carboxylic acids is 2. The monoisotopic (exact) mass is 258 g/mol. The van der Waals surface area contributed by atoms with E-state index in [0.29, 0.717) is 0 Å². The summed E-state index contributed by atoms with van der Waals surface area (Å²) in [4.78, 5) is 23.9. The van der Waals surface area contributed by atoms with E-state index < -0.39 is 0 Å². The van der Waals surface area contributed by atoms with Gasteiger partial charge in [0, 0.05) is 0 Å². The molecule has 19 heavy (non-hydrogen) atoms. The zero-order valence-corrected chi connectivity index (χ0v) is 10.9. The van der Waals surface area contributed by atoms with Gasteiger partial charge in [0.05, 0.1) is 11.8 Å². The summed E-state index contributed by atoms with van der Waals surface area (Å²) in [6, 6.07) is 0. The van der Waals surface area contributed by atoms with Crippen molar-refractivity contribution >= 4 is 11.9 Å². The first-order valence-corrected chi connectivity index (χ1v) is 7.37. The number of hydrogen-bond acceptors (Lipinski definition) is 3. The van der Waals surface area contributed by atoms with Crippen LogP contribution in [0.2, 0.25) is 0 Å². The number of allylic oxidation sites excluding steroid dienone is 4. The molecule has 1 fully saturated rings. The van der Waals surface area contributed by atoms with Crippen molar-refractivity contribution in [3.8, 4) is 0 Å². The van der Waals surface area contributed by atoms with Crippen molar-refractivity contribution in [2.45, 2.75) is 38.5 Å².